The molecule has 0 aliphatic rings. The molecule has 2 rings (SSSR count). The van der Waals surface area contributed by atoms with Crippen molar-refractivity contribution in [3.63, 3.8) is 0 Å². The number of hydrogen-bond donors (Lipinski definition) is 0. The number of sulfonamides is 1. The standard InChI is InChI=1S/C19H30N4O3S/c1-7-14(3)22(6)19(24)12-11-18-20-16-13-15(27(25,26)21(4)5)9-10-17(16)23(18)8-2/h9-10,13-14H,7-8,11-12H2,1-6H3. The number of amides is 1. The molecule has 0 spiro atoms. The van der Waals surface area contributed by atoms with E-state index in [9.17, 15) is 13.2 Å². The Morgan fingerprint density at radius 2 is 1.89 bits per heavy atom. The van der Waals surface area contributed by atoms with E-state index >= 15 is 0 Å². The summed E-state index contributed by atoms with van der Waals surface area (Å²) in [5, 5.41) is 0. The van der Waals surface area contributed by atoms with Gasteiger partial charge in [-0.25, -0.2) is 17.7 Å². The van der Waals surface area contributed by atoms with Crippen LogP contribution in [0, 0.1) is 0 Å². The molecule has 150 valence electrons. The maximum absolute atomic E-state index is 12.4. The Morgan fingerprint density at radius 3 is 2.44 bits per heavy atom. The van der Waals surface area contributed by atoms with Gasteiger partial charge in [0.15, 0.2) is 0 Å². The van der Waals surface area contributed by atoms with Crippen LogP contribution in [-0.2, 0) is 27.8 Å². The lowest BCUT2D eigenvalue weighted by atomic mass is 10.2. The normalized spacial score (nSPS) is 13.3. The van der Waals surface area contributed by atoms with E-state index in [2.05, 4.69) is 11.9 Å². The van der Waals surface area contributed by atoms with E-state index in [1.165, 1.54) is 18.4 Å². The first-order chi connectivity index (χ1) is 12.6. The number of rotatable bonds is 8. The summed E-state index contributed by atoms with van der Waals surface area (Å²) in [5.41, 5.74) is 1.52. The van der Waals surface area contributed by atoms with Gasteiger partial charge < -0.3 is 9.47 Å². The van der Waals surface area contributed by atoms with Crippen molar-refractivity contribution in [2.75, 3.05) is 21.1 Å². The van der Waals surface area contributed by atoms with Crippen LogP contribution in [0.4, 0.5) is 0 Å². The van der Waals surface area contributed by atoms with Gasteiger partial charge in [-0.05, 0) is 38.5 Å². The fourth-order valence-electron chi connectivity index (χ4n) is 2.99. The third-order valence-electron chi connectivity index (χ3n) is 5.10. The Hall–Kier alpha value is -1.93. The second-order valence-electron chi connectivity index (χ2n) is 6.97. The fourth-order valence-corrected chi connectivity index (χ4v) is 3.91. The molecule has 1 atom stereocenters. The predicted octanol–water partition coefficient (Wildman–Crippen LogP) is 2.50. The smallest absolute Gasteiger partial charge is 0.242 e. The molecule has 0 fully saturated rings. The SMILES string of the molecule is CCC(C)N(C)C(=O)CCc1nc2cc(S(=O)(=O)N(C)C)ccc2n1CC. The van der Waals surface area contributed by atoms with Gasteiger partial charge in [0, 0.05) is 46.6 Å². The minimum Gasteiger partial charge on any atom is -0.343 e. The molecule has 2 aromatic rings. The van der Waals surface area contributed by atoms with Crippen molar-refractivity contribution < 1.29 is 13.2 Å². The Labute approximate surface area is 162 Å². The molecule has 8 heteroatoms. The van der Waals surface area contributed by atoms with Gasteiger partial charge in [-0.1, -0.05) is 6.92 Å². The van der Waals surface area contributed by atoms with Crippen LogP contribution in [0.5, 0.6) is 0 Å². The monoisotopic (exact) mass is 394 g/mol. The molecule has 1 unspecified atom stereocenters. The predicted molar refractivity (Wildman–Crippen MR) is 107 cm³/mol. The number of fused-ring (bicyclic) bond motifs is 1. The highest BCUT2D eigenvalue weighted by Gasteiger charge is 2.20. The van der Waals surface area contributed by atoms with Crippen LogP contribution in [0.2, 0.25) is 0 Å². The van der Waals surface area contributed by atoms with Crippen molar-refractivity contribution in [2.45, 2.75) is 57.5 Å². The van der Waals surface area contributed by atoms with E-state index in [1.807, 2.05) is 25.5 Å². The summed E-state index contributed by atoms with van der Waals surface area (Å²) >= 11 is 0. The van der Waals surface area contributed by atoms with Gasteiger partial charge >= 0.3 is 0 Å². The van der Waals surface area contributed by atoms with Crippen molar-refractivity contribution in [3.8, 4) is 0 Å². The molecular weight excluding hydrogens is 364 g/mol. The molecule has 1 aromatic heterocycles. The minimum absolute atomic E-state index is 0.0925. The maximum Gasteiger partial charge on any atom is 0.242 e. The highest BCUT2D eigenvalue weighted by molar-refractivity contribution is 7.89. The lowest BCUT2D eigenvalue weighted by Gasteiger charge is -2.23. The van der Waals surface area contributed by atoms with Crippen molar-refractivity contribution >= 4 is 27.0 Å². The van der Waals surface area contributed by atoms with E-state index in [4.69, 9.17) is 0 Å². The van der Waals surface area contributed by atoms with Gasteiger partial charge in [0.1, 0.15) is 5.82 Å². The topological polar surface area (TPSA) is 75.5 Å². The third kappa shape index (κ3) is 4.32. The number of carbonyl (C=O) groups is 1. The lowest BCUT2D eigenvalue weighted by Crippen LogP contribution is -2.34. The summed E-state index contributed by atoms with van der Waals surface area (Å²) in [6, 6.07) is 5.21. The molecule has 1 amide bonds. The molecule has 27 heavy (non-hydrogen) atoms. The summed E-state index contributed by atoms with van der Waals surface area (Å²) in [4.78, 5) is 19.0. The summed E-state index contributed by atoms with van der Waals surface area (Å²) < 4.78 is 28.0. The zero-order chi connectivity index (χ0) is 20.4. The molecule has 7 nitrogen and oxygen atoms in total. The summed E-state index contributed by atoms with van der Waals surface area (Å²) in [5.74, 6) is 0.896. The second kappa shape index (κ2) is 8.39. The molecular formula is C19H30N4O3S. The van der Waals surface area contributed by atoms with Crippen LogP contribution in [0.3, 0.4) is 0 Å². The lowest BCUT2D eigenvalue weighted by molar-refractivity contribution is -0.131. The molecule has 0 radical (unpaired) electrons. The van der Waals surface area contributed by atoms with Gasteiger partial charge in [0.05, 0.1) is 15.9 Å². The number of hydrogen-bond acceptors (Lipinski definition) is 4. The average molecular weight is 395 g/mol. The number of aromatic nitrogens is 2. The van der Waals surface area contributed by atoms with Gasteiger partial charge in [-0.15, -0.1) is 0 Å². The first-order valence-corrected chi connectivity index (χ1v) is 10.7. The van der Waals surface area contributed by atoms with Gasteiger partial charge in [0.25, 0.3) is 0 Å². The van der Waals surface area contributed by atoms with E-state index in [1.54, 1.807) is 23.1 Å². The summed E-state index contributed by atoms with van der Waals surface area (Å²) in [7, 11) is 1.34. The Bertz CT molecular complexity index is 918. The molecule has 0 bridgehead atoms. The van der Waals surface area contributed by atoms with Crippen molar-refractivity contribution in [2.24, 2.45) is 0 Å². The Balaban J connectivity index is 2.31. The number of benzene rings is 1. The van der Waals surface area contributed by atoms with Gasteiger partial charge in [-0.2, -0.15) is 0 Å². The van der Waals surface area contributed by atoms with Crippen LogP contribution in [0.15, 0.2) is 23.1 Å². The Morgan fingerprint density at radius 1 is 1.22 bits per heavy atom. The first kappa shape index (κ1) is 21.4. The highest BCUT2D eigenvalue weighted by Crippen LogP contribution is 2.23. The fraction of sp³-hybridized carbons (Fsp3) is 0.579. The van der Waals surface area contributed by atoms with E-state index in [0.29, 0.717) is 24.9 Å². The van der Waals surface area contributed by atoms with Crippen molar-refractivity contribution in [3.05, 3.63) is 24.0 Å². The zero-order valence-corrected chi connectivity index (χ0v) is 17.9. The van der Waals surface area contributed by atoms with Crippen LogP contribution in [-0.4, -0.2) is 60.3 Å². The highest BCUT2D eigenvalue weighted by atomic mass is 32.2. The number of imidazole rings is 1. The molecule has 0 saturated carbocycles. The second-order valence-corrected chi connectivity index (χ2v) is 9.12. The third-order valence-corrected chi connectivity index (χ3v) is 6.91. The van der Waals surface area contributed by atoms with E-state index in [0.717, 1.165) is 17.8 Å². The molecule has 0 N–H and O–H groups in total. The van der Waals surface area contributed by atoms with Gasteiger partial charge in [0.2, 0.25) is 15.9 Å². The van der Waals surface area contributed by atoms with Crippen molar-refractivity contribution in [1.82, 2.24) is 18.8 Å². The van der Waals surface area contributed by atoms with Crippen LogP contribution in [0.25, 0.3) is 11.0 Å². The quantitative estimate of drug-likeness (QED) is 0.689. The number of aryl methyl sites for hydroxylation is 2. The van der Waals surface area contributed by atoms with E-state index in [-0.39, 0.29) is 16.8 Å². The molecule has 1 heterocycles. The molecule has 0 aliphatic heterocycles. The maximum atomic E-state index is 12.4. The van der Waals surface area contributed by atoms with Gasteiger partial charge in [-0.3, -0.25) is 4.79 Å². The average Bonchev–Trinajstić information content (AvgIpc) is 3.01. The Kier molecular flexibility index (Phi) is 6.64. The van der Waals surface area contributed by atoms with Crippen molar-refractivity contribution in [1.29, 1.82) is 0 Å². The molecule has 1 aromatic carbocycles. The van der Waals surface area contributed by atoms with Crippen LogP contribution < -0.4 is 0 Å². The zero-order valence-electron chi connectivity index (χ0n) is 17.1. The van der Waals surface area contributed by atoms with Crippen LogP contribution >= 0.6 is 0 Å². The summed E-state index contributed by atoms with van der Waals surface area (Å²) in [6.45, 7) is 6.82. The first-order valence-electron chi connectivity index (χ1n) is 9.30. The molecule has 0 aliphatic carbocycles. The van der Waals surface area contributed by atoms with E-state index < -0.39 is 10.0 Å². The van der Waals surface area contributed by atoms with Crippen LogP contribution in [0.1, 0.15) is 39.4 Å². The largest absolute Gasteiger partial charge is 0.343 e. The minimum atomic E-state index is -3.50. The number of carbonyl (C=O) groups excluding carboxylic acids is 1. The molecule has 0 saturated heterocycles. The number of nitrogens with zero attached hydrogens (tertiary/aromatic N) is 4. The summed E-state index contributed by atoms with van der Waals surface area (Å²) in [6.07, 6.45) is 1.82.